The molecule has 2 aliphatic rings. The molecule has 3 rings (SSSR count). The molecular formula is C18H29N5O. The van der Waals surface area contributed by atoms with Crippen molar-refractivity contribution in [2.45, 2.75) is 51.4 Å². The minimum Gasteiger partial charge on any atom is -0.361 e. The van der Waals surface area contributed by atoms with Gasteiger partial charge in [0.25, 0.3) is 0 Å². The normalized spacial score (nSPS) is 18.7. The van der Waals surface area contributed by atoms with Gasteiger partial charge in [0.1, 0.15) is 5.69 Å². The summed E-state index contributed by atoms with van der Waals surface area (Å²) in [6, 6.07) is 0. The number of hydrogen-bond acceptors (Lipinski definition) is 5. The summed E-state index contributed by atoms with van der Waals surface area (Å²) in [4.78, 5) is 25.7. The van der Waals surface area contributed by atoms with Gasteiger partial charge in [-0.2, -0.15) is 4.98 Å². The number of piperidine rings is 1. The van der Waals surface area contributed by atoms with Gasteiger partial charge in [-0.25, -0.2) is 4.98 Å². The number of anilines is 3. The Kier molecular flexibility index (Phi) is 5.53. The van der Waals surface area contributed by atoms with Crippen LogP contribution in [0.2, 0.25) is 0 Å². The fraction of sp³-hybridized carbons (Fsp3) is 0.722. The summed E-state index contributed by atoms with van der Waals surface area (Å²) >= 11 is 0. The van der Waals surface area contributed by atoms with E-state index in [1.54, 1.807) is 6.20 Å². The monoisotopic (exact) mass is 331 g/mol. The third-order valence-corrected chi connectivity index (χ3v) is 5.04. The van der Waals surface area contributed by atoms with Gasteiger partial charge in [0.2, 0.25) is 11.9 Å². The molecule has 1 saturated carbocycles. The first-order valence-electron chi connectivity index (χ1n) is 9.22. The molecule has 2 fully saturated rings. The number of nitrogens with zero attached hydrogens (tertiary/aromatic N) is 4. The first kappa shape index (κ1) is 17.0. The van der Waals surface area contributed by atoms with E-state index >= 15 is 0 Å². The largest absolute Gasteiger partial charge is 0.361 e. The Balaban J connectivity index is 1.70. The number of carbonyl (C=O) groups is 1. The molecule has 0 bridgehead atoms. The molecule has 1 aromatic rings. The van der Waals surface area contributed by atoms with Crippen LogP contribution in [-0.4, -0.2) is 43.1 Å². The highest BCUT2D eigenvalue weighted by atomic mass is 16.1. The maximum absolute atomic E-state index is 12.3. The predicted octanol–water partition coefficient (Wildman–Crippen LogP) is 3.05. The quantitative estimate of drug-likeness (QED) is 0.898. The van der Waals surface area contributed by atoms with E-state index < -0.39 is 0 Å². The highest BCUT2D eigenvalue weighted by molar-refractivity contribution is 5.93. The fourth-order valence-corrected chi connectivity index (χ4v) is 3.72. The van der Waals surface area contributed by atoms with Crippen LogP contribution < -0.4 is 15.1 Å². The second-order valence-electron chi connectivity index (χ2n) is 7.25. The number of carbonyl (C=O) groups excluding carboxylic acids is 1. The molecule has 24 heavy (non-hydrogen) atoms. The SMILES string of the molecule is CN(C)c1nc(N2CCCCC2)ncc1NC(=O)CC1CCCC1. The van der Waals surface area contributed by atoms with Crippen LogP contribution in [0, 0.1) is 5.92 Å². The molecule has 0 atom stereocenters. The lowest BCUT2D eigenvalue weighted by atomic mass is 10.0. The lowest BCUT2D eigenvalue weighted by Crippen LogP contribution is -2.31. The minimum absolute atomic E-state index is 0.0827. The van der Waals surface area contributed by atoms with Crippen molar-refractivity contribution in [3.05, 3.63) is 6.20 Å². The molecule has 1 aliphatic heterocycles. The van der Waals surface area contributed by atoms with Crippen LogP contribution in [0.5, 0.6) is 0 Å². The van der Waals surface area contributed by atoms with Gasteiger partial charge in [-0.05, 0) is 38.0 Å². The second kappa shape index (κ2) is 7.81. The smallest absolute Gasteiger partial charge is 0.227 e. The van der Waals surface area contributed by atoms with E-state index in [1.165, 1.54) is 44.9 Å². The number of aromatic nitrogens is 2. The Hall–Kier alpha value is -1.85. The van der Waals surface area contributed by atoms with Crippen molar-refractivity contribution < 1.29 is 4.79 Å². The second-order valence-corrected chi connectivity index (χ2v) is 7.25. The predicted molar refractivity (Wildman–Crippen MR) is 97.6 cm³/mol. The molecule has 6 heteroatoms. The summed E-state index contributed by atoms with van der Waals surface area (Å²) in [5.74, 6) is 2.18. The average Bonchev–Trinajstić information content (AvgIpc) is 3.08. The molecule has 6 nitrogen and oxygen atoms in total. The Bertz CT molecular complexity index is 563. The number of amides is 1. The Labute approximate surface area is 144 Å². The van der Waals surface area contributed by atoms with Gasteiger partial charge in [-0.3, -0.25) is 4.79 Å². The maximum Gasteiger partial charge on any atom is 0.227 e. The van der Waals surface area contributed by atoms with E-state index in [1.807, 2.05) is 19.0 Å². The maximum atomic E-state index is 12.3. The summed E-state index contributed by atoms with van der Waals surface area (Å²) in [6.45, 7) is 2.03. The fourth-order valence-electron chi connectivity index (χ4n) is 3.72. The van der Waals surface area contributed by atoms with Crippen molar-refractivity contribution in [1.82, 2.24) is 9.97 Å². The van der Waals surface area contributed by atoms with Crippen molar-refractivity contribution in [3.8, 4) is 0 Å². The summed E-state index contributed by atoms with van der Waals surface area (Å²) in [5, 5.41) is 3.02. The molecule has 132 valence electrons. The Morgan fingerprint density at radius 3 is 2.58 bits per heavy atom. The lowest BCUT2D eigenvalue weighted by molar-refractivity contribution is -0.117. The summed E-state index contributed by atoms with van der Waals surface area (Å²) in [6.07, 6.45) is 10.9. The van der Waals surface area contributed by atoms with Gasteiger partial charge in [-0.15, -0.1) is 0 Å². The van der Waals surface area contributed by atoms with E-state index in [2.05, 4.69) is 15.2 Å². The molecule has 1 aliphatic carbocycles. The zero-order chi connectivity index (χ0) is 16.9. The highest BCUT2D eigenvalue weighted by Crippen LogP contribution is 2.29. The van der Waals surface area contributed by atoms with E-state index in [9.17, 15) is 4.79 Å². The Morgan fingerprint density at radius 1 is 1.21 bits per heavy atom. The standard InChI is InChI=1S/C18H29N5O/c1-22(2)17-15(20-16(24)12-14-8-4-5-9-14)13-19-18(21-17)23-10-6-3-7-11-23/h13-14H,3-12H2,1-2H3,(H,20,24). The topological polar surface area (TPSA) is 61.4 Å². The summed E-state index contributed by atoms with van der Waals surface area (Å²) in [7, 11) is 3.91. The van der Waals surface area contributed by atoms with Gasteiger partial charge in [-0.1, -0.05) is 12.8 Å². The van der Waals surface area contributed by atoms with Gasteiger partial charge in [0.05, 0.1) is 6.20 Å². The van der Waals surface area contributed by atoms with Crippen molar-refractivity contribution in [2.24, 2.45) is 5.92 Å². The van der Waals surface area contributed by atoms with E-state index in [0.717, 1.165) is 24.9 Å². The first-order valence-corrected chi connectivity index (χ1v) is 9.22. The van der Waals surface area contributed by atoms with E-state index in [-0.39, 0.29) is 5.91 Å². The zero-order valence-electron chi connectivity index (χ0n) is 14.9. The van der Waals surface area contributed by atoms with Crippen LogP contribution in [-0.2, 0) is 4.79 Å². The molecule has 0 radical (unpaired) electrons. The van der Waals surface area contributed by atoms with Crippen molar-refractivity contribution in [3.63, 3.8) is 0 Å². The van der Waals surface area contributed by atoms with Gasteiger partial charge >= 0.3 is 0 Å². The zero-order valence-corrected chi connectivity index (χ0v) is 14.9. The number of nitrogens with one attached hydrogen (secondary N) is 1. The summed E-state index contributed by atoms with van der Waals surface area (Å²) < 4.78 is 0. The van der Waals surface area contributed by atoms with Crippen LogP contribution in [0.25, 0.3) is 0 Å². The minimum atomic E-state index is 0.0827. The van der Waals surface area contributed by atoms with E-state index in [0.29, 0.717) is 18.0 Å². The first-order chi connectivity index (χ1) is 11.6. The van der Waals surface area contributed by atoms with Gasteiger partial charge < -0.3 is 15.1 Å². The lowest BCUT2D eigenvalue weighted by Gasteiger charge is -2.28. The van der Waals surface area contributed by atoms with Gasteiger partial charge in [0, 0.05) is 33.6 Å². The molecule has 1 aromatic heterocycles. The van der Waals surface area contributed by atoms with Crippen LogP contribution in [0.1, 0.15) is 51.4 Å². The van der Waals surface area contributed by atoms with E-state index in [4.69, 9.17) is 4.98 Å². The van der Waals surface area contributed by atoms with Crippen molar-refractivity contribution in [2.75, 3.05) is 42.3 Å². The molecule has 0 spiro atoms. The molecule has 1 saturated heterocycles. The third kappa shape index (κ3) is 4.16. The molecule has 1 N–H and O–H groups in total. The van der Waals surface area contributed by atoms with Crippen LogP contribution in [0.3, 0.4) is 0 Å². The molecular weight excluding hydrogens is 302 g/mol. The number of hydrogen-bond donors (Lipinski definition) is 1. The van der Waals surface area contributed by atoms with Crippen LogP contribution in [0.15, 0.2) is 6.20 Å². The Morgan fingerprint density at radius 2 is 1.92 bits per heavy atom. The molecule has 0 aromatic carbocycles. The average molecular weight is 331 g/mol. The third-order valence-electron chi connectivity index (χ3n) is 5.04. The van der Waals surface area contributed by atoms with Crippen LogP contribution >= 0.6 is 0 Å². The molecule has 0 unspecified atom stereocenters. The van der Waals surface area contributed by atoms with Crippen molar-refractivity contribution in [1.29, 1.82) is 0 Å². The molecule has 1 amide bonds. The van der Waals surface area contributed by atoms with Crippen LogP contribution in [0.4, 0.5) is 17.5 Å². The van der Waals surface area contributed by atoms with Gasteiger partial charge in [0.15, 0.2) is 5.82 Å². The highest BCUT2D eigenvalue weighted by Gasteiger charge is 2.21. The number of rotatable bonds is 5. The van der Waals surface area contributed by atoms with Crippen molar-refractivity contribution >= 4 is 23.4 Å². The molecule has 2 heterocycles. The summed E-state index contributed by atoms with van der Waals surface area (Å²) in [5.41, 5.74) is 0.712.